The van der Waals surface area contributed by atoms with Crippen LogP contribution in [-0.4, -0.2) is 11.7 Å². The summed E-state index contributed by atoms with van der Waals surface area (Å²) < 4.78 is 0. The highest BCUT2D eigenvalue weighted by Crippen LogP contribution is 2.32. The Hall–Kier alpha value is -2.35. The number of carbonyl (C=O) groups excluding carboxylic acids is 2. The van der Waals surface area contributed by atoms with E-state index in [1.807, 2.05) is 32.0 Å². The number of nitriles is 1. The highest BCUT2D eigenvalue weighted by molar-refractivity contribution is 6.44. The van der Waals surface area contributed by atoms with Crippen LogP contribution < -0.4 is 5.32 Å². The molecule has 0 bridgehead atoms. The lowest BCUT2D eigenvalue weighted by Crippen LogP contribution is -2.28. The molecule has 0 unspecified atom stereocenters. The number of halogens is 2. The fourth-order valence-corrected chi connectivity index (χ4v) is 2.84. The maximum Gasteiger partial charge on any atom is 0.293 e. The van der Waals surface area contributed by atoms with Crippen molar-refractivity contribution in [2.75, 3.05) is 5.32 Å². The molecule has 4 nitrogen and oxygen atoms in total. The fourth-order valence-electron chi connectivity index (χ4n) is 2.23. The Morgan fingerprint density at radius 1 is 1.12 bits per heavy atom. The Morgan fingerprint density at radius 2 is 1.75 bits per heavy atom. The van der Waals surface area contributed by atoms with Crippen LogP contribution in [0.15, 0.2) is 36.4 Å². The second-order valence-electron chi connectivity index (χ2n) is 5.33. The molecule has 2 aromatic rings. The molecular formula is C18H14Cl2N2O2. The number of nitrogens with one attached hydrogen (secondary N) is 1. The van der Waals surface area contributed by atoms with E-state index in [0.717, 1.165) is 11.1 Å². The van der Waals surface area contributed by atoms with Gasteiger partial charge in [-0.3, -0.25) is 9.59 Å². The SMILES string of the molecule is Cc1ccc(C)c(NC(=O)C(=O)[C@@H](C#N)c2c(Cl)cccc2Cl)c1. The van der Waals surface area contributed by atoms with Gasteiger partial charge in [0.2, 0.25) is 5.78 Å². The number of nitrogens with zero attached hydrogens (tertiary/aromatic N) is 1. The smallest absolute Gasteiger partial charge is 0.293 e. The minimum absolute atomic E-state index is 0.143. The van der Waals surface area contributed by atoms with E-state index in [2.05, 4.69) is 5.32 Å². The van der Waals surface area contributed by atoms with E-state index >= 15 is 0 Å². The number of Topliss-reactive ketones (excluding diaryl/α,β-unsaturated/α-hetero) is 1. The van der Waals surface area contributed by atoms with Gasteiger partial charge in [-0.1, -0.05) is 41.4 Å². The monoisotopic (exact) mass is 360 g/mol. The highest BCUT2D eigenvalue weighted by atomic mass is 35.5. The zero-order valence-corrected chi connectivity index (χ0v) is 14.6. The van der Waals surface area contributed by atoms with Crippen molar-refractivity contribution in [1.82, 2.24) is 0 Å². The number of hydrogen-bond donors (Lipinski definition) is 1. The highest BCUT2D eigenvalue weighted by Gasteiger charge is 2.30. The predicted octanol–water partition coefficient (Wildman–Crippen LogP) is 4.43. The molecular weight excluding hydrogens is 347 g/mol. The maximum atomic E-state index is 12.4. The Morgan fingerprint density at radius 3 is 2.33 bits per heavy atom. The molecule has 0 aromatic heterocycles. The van der Waals surface area contributed by atoms with Gasteiger partial charge < -0.3 is 5.32 Å². The van der Waals surface area contributed by atoms with Gasteiger partial charge in [-0.05, 0) is 43.2 Å². The maximum absolute atomic E-state index is 12.4. The molecule has 122 valence electrons. The van der Waals surface area contributed by atoms with E-state index in [4.69, 9.17) is 23.2 Å². The fraction of sp³-hybridized carbons (Fsp3) is 0.167. The van der Waals surface area contributed by atoms with Gasteiger partial charge in [0.05, 0.1) is 6.07 Å². The summed E-state index contributed by atoms with van der Waals surface area (Å²) in [5.41, 5.74) is 2.42. The summed E-state index contributed by atoms with van der Waals surface area (Å²) in [4.78, 5) is 24.7. The van der Waals surface area contributed by atoms with Crippen LogP contribution in [0.2, 0.25) is 10.0 Å². The lowest BCUT2D eigenvalue weighted by atomic mass is 9.95. The molecule has 0 aliphatic carbocycles. The molecule has 0 saturated heterocycles. The third-order valence-electron chi connectivity index (χ3n) is 3.54. The Kier molecular flexibility index (Phi) is 5.61. The molecule has 0 saturated carbocycles. The van der Waals surface area contributed by atoms with Crippen molar-refractivity contribution in [2.45, 2.75) is 19.8 Å². The third kappa shape index (κ3) is 3.76. The average Bonchev–Trinajstić information content (AvgIpc) is 2.54. The van der Waals surface area contributed by atoms with Gasteiger partial charge in [-0.2, -0.15) is 5.26 Å². The molecule has 0 heterocycles. The van der Waals surface area contributed by atoms with E-state index in [-0.39, 0.29) is 15.6 Å². The Bertz CT molecular complexity index is 836. The first-order valence-electron chi connectivity index (χ1n) is 7.11. The number of rotatable bonds is 4. The number of hydrogen-bond acceptors (Lipinski definition) is 3. The minimum Gasteiger partial charge on any atom is -0.319 e. The average molecular weight is 361 g/mol. The van der Waals surface area contributed by atoms with E-state index in [1.54, 1.807) is 12.1 Å². The molecule has 0 fully saturated rings. The number of amides is 1. The molecule has 24 heavy (non-hydrogen) atoms. The number of aryl methyl sites for hydroxylation is 2. The summed E-state index contributed by atoms with van der Waals surface area (Å²) in [6.07, 6.45) is 0. The molecule has 1 atom stereocenters. The molecule has 2 rings (SSSR count). The van der Waals surface area contributed by atoms with Crippen LogP contribution in [0.1, 0.15) is 22.6 Å². The first kappa shape index (κ1) is 18.0. The third-order valence-corrected chi connectivity index (χ3v) is 4.20. The standard InChI is InChI=1S/C18H14Cl2N2O2/c1-10-6-7-11(2)15(8-10)22-18(24)17(23)12(9-21)16-13(19)4-3-5-14(16)20/h3-8,12H,1-2H3,(H,22,24)/t12-/m0/s1. The van der Waals surface area contributed by atoms with Gasteiger partial charge in [0.15, 0.2) is 0 Å². The van der Waals surface area contributed by atoms with Crippen LogP contribution in [0.25, 0.3) is 0 Å². The predicted molar refractivity (Wildman–Crippen MR) is 94.4 cm³/mol. The first-order chi connectivity index (χ1) is 11.3. The number of benzene rings is 2. The summed E-state index contributed by atoms with van der Waals surface area (Å²) in [5, 5.41) is 12.2. The Labute approximate surface area is 150 Å². The van der Waals surface area contributed by atoms with Crippen LogP contribution in [0.5, 0.6) is 0 Å². The van der Waals surface area contributed by atoms with Crippen LogP contribution in [-0.2, 0) is 9.59 Å². The lowest BCUT2D eigenvalue weighted by molar-refractivity contribution is -0.135. The van der Waals surface area contributed by atoms with Crippen molar-refractivity contribution >= 4 is 40.6 Å². The second-order valence-corrected chi connectivity index (χ2v) is 6.15. The van der Waals surface area contributed by atoms with Gasteiger partial charge in [-0.25, -0.2) is 0 Å². The molecule has 0 aliphatic heterocycles. The first-order valence-corrected chi connectivity index (χ1v) is 7.86. The molecule has 2 aromatic carbocycles. The molecule has 0 aliphatic rings. The lowest BCUT2D eigenvalue weighted by Gasteiger charge is -2.13. The molecule has 1 amide bonds. The largest absolute Gasteiger partial charge is 0.319 e. The topological polar surface area (TPSA) is 70.0 Å². The number of carbonyl (C=O) groups is 2. The molecule has 0 spiro atoms. The summed E-state index contributed by atoms with van der Waals surface area (Å²) in [6, 6.07) is 11.9. The van der Waals surface area contributed by atoms with Crippen molar-refractivity contribution in [3.8, 4) is 6.07 Å². The van der Waals surface area contributed by atoms with Crippen molar-refractivity contribution in [1.29, 1.82) is 5.26 Å². The Balaban J connectivity index is 2.31. The van der Waals surface area contributed by atoms with Gasteiger partial charge in [0, 0.05) is 21.3 Å². The summed E-state index contributed by atoms with van der Waals surface area (Å²) in [6.45, 7) is 3.69. The molecule has 0 radical (unpaired) electrons. The van der Waals surface area contributed by atoms with Crippen molar-refractivity contribution in [3.63, 3.8) is 0 Å². The van der Waals surface area contributed by atoms with Gasteiger partial charge in [0.25, 0.3) is 5.91 Å². The summed E-state index contributed by atoms with van der Waals surface area (Å²) in [5.74, 6) is -3.16. The van der Waals surface area contributed by atoms with Crippen molar-refractivity contribution in [3.05, 3.63) is 63.1 Å². The van der Waals surface area contributed by atoms with E-state index in [9.17, 15) is 14.9 Å². The van der Waals surface area contributed by atoms with Crippen LogP contribution in [0, 0.1) is 25.2 Å². The summed E-state index contributed by atoms with van der Waals surface area (Å²) >= 11 is 12.1. The zero-order chi connectivity index (χ0) is 17.9. The normalized spacial score (nSPS) is 11.5. The van der Waals surface area contributed by atoms with Gasteiger partial charge in [0.1, 0.15) is 5.92 Å². The minimum atomic E-state index is -1.36. The van der Waals surface area contributed by atoms with Crippen molar-refractivity contribution < 1.29 is 9.59 Å². The number of ketones is 1. The second kappa shape index (κ2) is 7.48. The molecule has 6 heteroatoms. The summed E-state index contributed by atoms with van der Waals surface area (Å²) in [7, 11) is 0. The van der Waals surface area contributed by atoms with E-state index in [1.165, 1.54) is 12.1 Å². The number of anilines is 1. The van der Waals surface area contributed by atoms with Gasteiger partial charge >= 0.3 is 0 Å². The quantitative estimate of drug-likeness (QED) is 0.820. The van der Waals surface area contributed by atoms with Crippen molar-refractivity contribution in [2.24, 2.45) is 0 Å². The van der Waals surface area contributed by atoms with Crippen LogP contribution in [0.3, 0.4) is 0 Å². The zero-order valence-electron chi connectivity index (χ0n) is 13.1. The molecule has 1 N–H and O–H groups in total. The van der Waals surface area contributed by atoms with Crippen LogP contribution >= 0.6 is 23.2 Å². The van der Waals surface area contributed by atoms with Gasteiger partial charge in [-0.15, -0.1) is 0 Å². The van der Waals surface area contributed by atoms with E-state index in [0.29, 0.717) is 5.69 Å². The van der Waals surface area contributed by atoms with Crippen LogP contribution in [0.4, 0.5) is 5.69 Å². The van der Waals surface area contributed by atoms with E-state index < -0.39 is 17.6 Å².